The van der Waals surface area contributed by atoms with E-state index in [2.05, 4.69) is 17.2 Å². The van der Waals surface area contributed by atoms with Crippen molar-refractivity contribution in [2.75, 3.05) is 11.6 Å². The van der Waals surface area contributed by atoms with Crippen molar-refractivity contribution in [1.82, 2.24) is 14.3 Å². The molecule has 1 amide bonds. The van der Waals surface area contributed by atoms with Crippen LogP contribution in [0.5, 0.6) is 0 Å². The number of nitrogens with two attached hydrogens (primary N) is 1. The Hall–Kier alpha value is -4.17. The number of rotatable bonds is 6. The molecule has 2 heterocycles. The third kappa shape index (κ3) is 4.48. The van der Waals surface area contributed by atoms with Crippen LogP contribution in [0.1, 0.15) is 33.0 Å². The summed E-state index contributed by atoms with van der Waals surface area (Å²) in [7, 11) is 1.69. The van der Waals surface area contributed by atoms with Crippen LogP contribution in [0.25, 0.3) is 0 Å². The average molecular weight is 487 g/mol. The zero-order valence-electron chi connectivity index (χ0n) is 19.0. The lowest BCUT2D eigenvalue weighted by molar-refractivity contribution is 0.100. The maximum atomic E-state index is 13.0. The summed E-state index contributed by atoms with van der Waals surface area (Å²) in [5, 5.41) is 11.9. The summed E-state index contributed by atoms with van der Waals surface area (Å²) < 4.78 is 2.88. The van der Waals surface area contributed by atoms with Crippen LogP contribution >= 0.6 is 11.6 Å². The molecule has 0 fully saturated rings. The molecule has 2 N–H and O–H groups in total. The number of amides is 1. The Labute approximate surface area is 206 Å². The summed E-state index contributed by atoms with van der Waals surface area (Å²) in [6.45, 7) is 0.801. The van der Waals surface area contributed by atoms with Crippen LogP contribution in [0.2, 0.25) is 5.02 Å². The number of hydrazone groups is 1. The van der Waals surface area contributed by atoms with Crippen LogP contribution in [-0.4, -0.2) is 32.5 Å². The maximum Gasteiger partial charge on any atom is 0.347 e. The first-order valence-corrected chi connectivity index (χ1v) is 11.5. The number of carbonyl (C=O) groups excluding carboxylic acids is 1. The minimum absolute atomic E-state index is 0.000952. The van der Waals surface area contributed by atoms with Gasteiger partial charge in [-0.2, -0.15) is 5.10 Å². The van der Waals surface area contributed by atoms with E-state index in [4.69, 9.17) is 22.4 Å². The smallest absolute Gasteiger partial charge is 0.347 e. The lowest BCUT2D eigenvalue weighted by Crippen LogP contribution is -2.25. The lowest BCUT2D eigenvalue weighted by atomic mass is 9.91. The van der Waals surface area contributed by atoms with E-state index in [0.29, 0.717) is 23.1 Å². The van der Waals surface area contributed by atoms with Gasteiger partial charge in [-0.1, -0.05) is 66.2 Å². The molecule has 0 saturated heterocycles. The van der Waals surface area contributed by atoms with Crippen molar-refractivity contribution < 1.29 is 4.79 Å². The van der Waals surface area contributed by atoms with E-state index in [-0.39, 0.29) is 18.2 Å². The maximum absolute atomic E-state index is 13.0. The number of aromatic nitrogens is 3. The number of nitrogens with zero attached hydrogens (tertiary/aromatic N) is 5. The molecule has 0 spiro atoms. The average Bonchev–Trinajstić information content (AvgIpc) is 3.43. The molecule has 35 heavy (non-hydrogen) atoms. The van der Waals surface area contributed by atoms with Crippen LogP contribution in [-0.2, 0) is 13.6 Å². The van der Waals surface area contributed by atoms with E-state index >= 15 is 0 Å². The molecule has 0 aliphatic carbocycles. The molecule has 1 aliphatic heterocycles. The zero-order valence-corrected chi connectivity index (χ0v) is 19.8. The van der Waals surface area contributed by atoms with Crippen molar-refractivity contribution in [3.05, 3.63) is 117 Å². The largest absolute Gasteiger partial charge is 0.366 e. The van der Waals surface area contributed by atoms with E-state index < -0.39 is 5.91 Å². The van der Waals surface area contributed by atoms with Crippen molar-refractivity contribution >= 4 is 29.2 Å². The van der Waals surface area contributed by atoms with Gasteiger partial charge in [0.15, 0.2) is 0 Å². The molecule has 5 rings (SSSR count). The van der Waals surface area contributed by atoms with Gasteiger partial charge < -0.3 is 5.73 Å². The van der Waals surface area contributed by atoms with Gasteiger partial charge in [0.25, 0.3) is 0 Å². The van der Waals surface area contributed by atoms with Gasteiger partial charge in [0, 0.05) is 23.6 Å². The Kier molecular flexibility index (Phi) is 5.96. The number of anilines is 1. The fourth-order valence-electron chi connectivity index (χ4n) is 4.21. The summed E-state index contributed by atoms with van der Waals surface area (Å²) in [6.07, 6.45) is 0. The minimum Gasteiger partial charge on any atom is -0.366 e. The van der Waals surface area contributed by atoms with Crippen LogP contribution in [0.4, 0.5) is 5.95 Å². The van der Waals surface area contributed by atoms with Crippen molar-refractivity contribution in [3.8, 4) is 0 Å². The molecule has 0 bridgehead atoms. The Balaban J connectivity index is 1.48. The number of primary amides is 1. The van der Waals surface area contributed by atoms with Crippen LogP contribution in [0.15, 0.2) is 88.8 Å². The van der Waals surface area contributed by atoms with Gasteiger partial charge in [-0.15, -0.1) is 5.10 Å². The van der Waals surface area contributed by atoms with E-state index in [1.807, 2.05) is 42.5 Å². The highest BCUT2D eigenvalue weighted by molar-refractivity contribution is 6.30. The van der Waals surface area contributed by atoms with Gasteiger partial charge in [-0.3, -0.25) is 9.36 Å². The van der Waals surface area contributed by atoms with Gasteiger partial charge in [0.1, 0.15) is 0 Å². The normalized spacial score (nSPS) is 15.3. The van der Waals surface area contributed by atoms with Crippen LogP contribution in [0, 0.1) is 0 Å². The fraction of sp³-hybridized carbons (Fsp3) is 0.154. The molecule has 4 aromatic rings. The number of hydrogen-bond acceptors (Lipinski definition) is 5. The first-order chi connectivity index (χ1) is 16.9. The van der Waals surface area contributed by atoms with Gasteiger partial charge in [0.2, 0.25) is 11.9 Å². The number of halogens is 1. The third-order valence-electron chi connectivity index (χ3n) is 6.08. The monoisotopic (exact) mass is 486 g/mol. The predicted molar refractivity (Wildman–Crippen MR) is 136 cm³/mol. The van der Waals surface area contributed by atoms with Crippen molar-refractivity contribution in [3.63, 3.8) is 0 Å². The molecule has 1 aromatic heterocycles. The van der Waals surface area contributed by atoms with Gasteiger partial charge >= 0.3 is 5.69 Å². The van der Waals surface area contributed by atoms with Gasteiger partial charge in [-0.05, 0) is 41.0 Å². The summed E-state index contributed by atoms with van der Waals surface area (Å²) in [5.74, 6) is -0.0437. The summed E-state index contributed by atoms with van der Waals surface area (Å²) >= 11 is 6.10. The molecule has 0 saturated carbocycles. The number of hydrogen-bond donors (Lipinski definition) is 1. The number of benzene rings is 3. The topological polar surface area (TPSA) is 98.5 Å². The second-order valence-electron chi connectivity index (χ2n) is 8.40. The molecule has 176 valence electrons. The highest BCUT2D eigenvalue weighted by Gasteiger charge is 2.32. The molecule has 3 aromatic carbocycles. The van der Waals surface area contributed by atoms with Crippen molar-refractivity contribution in [2.24, 2.45) is 17.9 Å². The molecular formula is C26H23ClN6O2. The Morgan fingerprint density at radius 3 is 2.37 bits per heavy atom. The summed E-state index contributed by atoms with van der Waals surface area (Å²) in [6, 6.07) is 24.5. The second-order valence-corrected chi connectivity index (χ2v) is 8.83. The fourth-order valence-corrected chi connectivity index (χ4v) is 4.33. The standard InChI is InChI=1S/C26H23ClN6O2/c1-31-25(30-33(26(31)35)15-17-7-9-20(10-8-17)24(28)34)32-16-22(18-5-3-2-4-6-18)23(29-32)19-11-13-21(27)14-12-19/h2-14,22H,15-16H2,1H3,(H2,28,34). The summed E-state index contributed by atoms with van der Waals surface area (Å²) in [5.41, 5.74) is 9.27. The first kappa shape index (κ1) is 22.6. The molecule has 1 aliphatic rings. The molecule has 0 radical (unpaired) electrons. The predicted octanol–water partition coefficient (Wildman–Crippen LogP) is 3.39. The highest BCUT2D eigenvalue weighted by atomic mass is 35.5. The molecule has 1 unspecified atom stereocenters. The zero-order chi connectivity index (χ0) is 24.5. The Morgan fingerprint density at radius 1 is 1.03 bits per heavy atom. The van der Waals surface area contributed by atoms with Gasteiger partial charge in [-0.25, -0.2) is 14.5 Å². The number of carbonyl (C=O) groups is 1. The first-order valence-electron chi connectivity index (χ1n) is 11.1. The third-order valence-corrected chi connectivity index (χ3v) is 6.33. The Morgan fingerprint density at radius 2 is 1.71 bits per heavy atom. The van der Waals surface area contributed by atoms with Crippen LogP contribution < -0.4 is 16.4 Å². The highest BCUT2D eigenvalue weighted by Crippen LogP contribution is 2.31. The minimum atomic E-state index is -0.495. The molecular weight excluding hydrogens is 464 g/mol. The molecule has 9 heteroatoms. The SMILES string of the molecule is Cn1c(N2CC(c3ccccc3)C(c3ccc(Cl)cc3)=N2)nn(Cc2ccc(C(N)=O)cc2)c1=O. The van der Waals surface area contributed by atoms with Crippen molar-refractivity contribution in [2.45, 2.75) is 12.5 Å². The molecule has 8 nitrogen and oxygen atoms in total. The van der Waals surface area contributed by atoms with Gasteiger partial charge in [0.05, 0.1) is 18.8 Å². The van der Waals surface area contributed by atoms with E-state index in [1.54, 1.807) is 36.3 Å². The quantitative estimate of drug-likeness (QED) is 0.451. The van der Waals surface area contributed by atoms with E-state index in [0.717, 1.165) is 22.4 Å². The summed E-state index contributed by atoms with van der Waals surface area (Å²) in [4.78, 5) is 24.3. The van der Waals surface area contributed by atoms with E-state index in [9.17, 15) is 9.59 Å². The van der Waals surface area contributed by atoms with E-state index in [1.165, 1.54) is 9.25 Å². The van der Waals surface area contributed by atoms with Crippen molar-refractivity contribution in [1.29, 1.82) is 0 Å². The second kappa shape index (κ2) is 9.23. The lowest BCUT2D eigenvalue weighted by Gasteiger charge is -2.15. The van der Waals surface area contributed by atoms with Crippen LogP contribution in [0.3, 0.4) is 0 Å². The Bertz CT molecular complexity index is 1460. The molecule has 1 atom stereocenters.